The fourth-order valence-corrected chi connectivity index (χ4v) is 5.11. The molecule has 4 aromatic rings. The number of aromatic nitrogens is 2. The average Bonchev–Trinajstić information content (AvgIpc) is 3.24. The number of pyridine rings is 1. The number of carbonyl (C=O) groups is 1. The van der Waals surface area contributed by atoms with Crippen molar-refractivity contribution in [2.75, 3.05) is 37.5 Å². The summed E-state index contributed by atoms with van der Waals surface area (Å²) in [4.78, 5) is 24.4. The summed E-state index contributed by atoms with van der Waals surface area (Å²) >= 11 is 1.46. The van der Waals surface area contributed by atoms with Gasteiger partial charge in [-0.05, 0) is 55.3 Å². The SMILES string of the molecule is COc1ccc2nc(NC(=O)C3CCCN(c4ccnc5ccc(OC)cc45)C3)sc2c1. The fourth-order valence-electron chi connectivity index (χ4n) is 4.22. The predicted octanol–water partition coefficient (Wildman–Crippen LogP) is 4.72. The van der Waals surface area contributed by atoms with Gasteiger partial charge in [0.15, 0.2) is 5.13 Å². The van der Waals surface area contributed by atoms with Gasteiger partial charge in [0, 0.05) is 30.4 Å². The maximum atomic E-state index is 13.1. The molecule has 1 atom stereocenters. The molecule has 0 spiro atoms. The number of thiazole rings is 1. The molecular formula is C24H24N4O3S. The highest BCUT2D eigenvalue weighted by Crippen LogP contribution is 2.33. The monoisotopic (exact) mass is 448 g/mol. The third-order valence-corrected chi connectivity index (χ3v) is 6.82. The largest absolute Gasteiger partial charge is 0.497 e. The molecule has 0 aliphatic carbocycles. The third-order valence-electron chi connectivity index (χ3n) is 5.88. The Labute approximate surface area is 190 Å². The van der Waals surface area contributed by atoms with Gasteiger partial charge < -0.3 is 19.7 Å². The zero-order valence-electron chi connectivity index (χ0n) is 18.0. The van der Waals surface area contributed by atoms with Crippen LogP contribution in [0.3, 0.4) is 0 Å². The normalized spacial score (nSPS) is 16.3. The van der Waals surface area contributed by atoms with Crippen LogP contribution in [0.5, 0.6) is 11.5 Å². The van der Waals surface area contributed by atoms with Crippen LogP contribution in [0, 0.1) is 5.92 Å². The van der Waals surface area contributed by atoms with Gasteiger partial charge >= 0.3 is 0 Å². The number of rotatable bonds is 5. The van der Waals surface area contributed by atoms with Crippen LogP contribution in [-0.4, -0.2) is 43.2 Å². The second kappa shape index (κ2) is 8.63. The number of amides is 1. The van der Waals surface area contributed by atoms with Crippen molar-refractivity contribution in [1.82, 2.24) is 9.97 Å². The lowest BCUT2D eigenvalue weighted by atomic mass is 9.96. The average molecular weight is 449 g/mol. The van der Waals surface area contributed by atoms with Crippen molar-refractivity contribution in [3.8, 4) is 11.5 Å². The van der Waals surface area contributed by atoms with E-state index in [4.69, 9.17) is 9.47 Å². The Morgan fingerprint density at radius 3 is 2.69 bits per heavy atom. The smallest absolute Gasteiger partial charge is 0.231 e. The van der Waals surface area contributed by atoms with Gasteiger partial charge in [0.2, 0.25) is 5.91 Å². The lowest BCUT2D eigenvalue weighted by Gasteiger charge is -2.34. The molecule has 8 heteroatoms. The van der Waals surface area contributed by atoms with Crippen molar-refractivity contribution in [2.24, 2.45) is 5.92 Å². The van der Waals surface area contributed by atoms with Gasteiger partial charge in [0.1, 0.15) is 11.5 Å². The second-order valence-corrected chi connectivity index (χ2v) is 8.87. The predicted molar refractivity (Wildman–Crippen MR) is 128 cm³/mol. The van der Waals surface area contributed by atoms with E-state index in [1.54, 1.807) is 14.2 Å². The van der Waals surface area contributed by atoms with Crippen molar-refractivity contribution in [3.63, 3.8) is 0 Å². The molecule has 5 rings (SSSR count). The first-order valence-electron chi connectivity index (χ1n) is 10.6. The van der Waals surface area contributed by atoms with E-state index in [1.165, 1.54) is 11.3 Å². The van der Waals surface area contributed by atoms with Gasteiger partial charge in [-0.3, -0.25) is 9.78 Å². The number of ether oxygens (including phenoxy) is 2. The molecule has 1 saturated heterocycles. The van der Waals surface area contributed by atoms with E-state index in [-0.39, 0.29) is 11.8 Å². The molecule has 1 aliphatic heterocycles. The molecule has 1 fully saturated rings. The topological polar surface area (TPSA) is 76.6 Å². The lowest BCUT2D eigenvalue weighted by Crippen LogP contribution is -2.40. The summed E-state index contributed by atoms with van der Waals surface area (Å²) in [5.41, 5.74) is 2.85. The van der Waals surface area contributed by atoms with Crippen LogP contribution in [-0.2, 0) is 4.79 Å². The molecule has 32 heavy (non-hydrogen) atoms. The molecule has 0 saturated carbocycles. The van der Waals surface area contributed by atoms with E-state index in [9.17, 15) is 4.79 Å². The Morgan fingerprint density at radius 1 is 1.09 bits per heavy atom. The molecule has 1 amide bonds. The van der Waals surface area contributed by atoms with E-state index in [2.05, 4.69) is 20.2 Å². The molecule has 7 nitrogen and oxygen atoms in total. The van der Waals surface area contributed by atoms with Crippen molar-refractivity contribution in [1.29, 1.82) is 0 Å². The quantitative estimate of drug-likeness (QED) is 0.476. The number of methoxy groups -OCH3 is 2. The summed E-state index contributed by atoms with van der Waals surface area (Å²) < 4.78 is 11.7. The van der Waals surface area contributed by atoms with Gasteiger partial charge in [-0.15, -0.1) is 0 Å². The fraction of sp³-hybridized carbons (Fsp3) is 0.292. The Bertz CT molecular complexity index is 1290. The molecule has 3 heterocycles. The number of anilines is 2. The van der Waals surface area contributed by atoms with E-state index in [0.29, 0.717) is 11.7 Å². The standard InChI is InChI=1S/C24H24N4O3S/c1-30-16-5-7-19-18(12-16)21(9-10-25-19)28-11-3-4-15(14-28)23(29)27-24-26-20-8-6-17(31-2)13-22(20)32-24/h5-10,12-13,15H,3-4,11,14H2,1-2H3,(H,26,27,29). The van der Waals surface area contributed by atoms with Crippen LogP contribution in [0.2, 0.25) is 0 Å². The first kappa shape index (κ1) is 20.5. The van der Waals surface area contributed by atoms with Gasteiger partial charge in [-0.25, -0.2) is 4.98 Å². The number of benzene rings is 2. The zero-order chi connectivity index (χ0) is 22.1. The third kappa shape index (κ3) is 3.93. The summed E-state index contributed by atoms with van der Waals surface area (Å²) in [5, 5.41) is 4.69. The molecule has 0 bridgehead atoms. The number of nitrogens with one attached hydrogen (secondary N) is 1. The van der Waals surface area contributed by atoms with Gasteiger partial charge in [-0.2, -0.15) is 0 Å². The summed E-state index contributed by atoms with van der Waals surface area (Å²) in [6, 6.07) is 13.6. The molecule has 1 N–H and O–H groups in total. The van der Waals surface area contributed by atoms with E-state index in [0.717, 1.165) is 57.7 Å². The number of hydrogen-bond acceptors (Lipinski definition) is 7. The summed E-state index contributed by atoms with van der Waals surface area (Å²) in [6.45, 7) is 1.56. The molecule has 2 aromatic heterocycles. The Kier molecular flexibility index (Phi) is 5.53. The first-order chi connectivity index (χ1) is 15.6. The van der Waals surface area contributed by atoms with Crippen LogP contribution < -0.4 is 19.7 Å². The van der Waals surface area contributed by atoms with Crippen LogP contribution in [0.15, 0.2) is 48.7 Å². The number of nitrogens with zero attached hydrogens (tertiary/aromatic N) is 3. The van der Waals surface area contributed by atoms with Crippen LogP contribution in [0.25, 0.3) is 21.1 Å². The first-order valence-corrected chi connectivity index (χ1v) is 11.4. The Balaban J connectivity index is 1.35. The highest BCUT2D eigenvalue weighted by atomic mass is 32.1. The molecule has 1 aliphatic rings. The molecular weight excluding hydrogens is 424 g/mol. The highest BCUT2D eigenvalue weighted by molar-refractivity contribution is 7.22. The van der Waals surface area contributed by atoms with E-state index >= 15 is 0 Å². The minimum Gasteiger partial charge on any atom is -0.497 e. The minimum atomic E-state index is -0.112. The summed E-state index contributed by atoms with van der Waals surface area (Å²) in [6.07, 6.45) is 3.62. The minimum absolute atomic E-state index is 0.0108. The second-order valence-electron chi connectivity index (χ2n) is 7.84. The van der Waals surface area contributed by atoms with Gasteiger partial charge in [0.25, 0.3) is 0 Å². The summed E-state index contributed by atoms with van der Waals surface area (Å²) in [7, 11) is 3.30. The number of piperidine rings is 1. The molecule has 0 radical (unpaired) electrons. The lowest BCUT2D eigenvalue weighted by molar-refractivity contribution is -0.120. The Hall–Kier alpha value is -3.39. The van der Waals surface area contributed by atoms with Crippen molar-refractivity contribution >= 4 is 49.2 Å². The molecule has 164 valence electrons. The van der Waals surface area contributed by atoms with Crippen molar-refractivity contribution < 1.29 is 14.3 Å². The highest BCUT2D eigenvalue weighted by Gasteiger charge is 2.27. The maximum Gasteiger partial charge on any atom is 0.231 e. The summed E-state index contributed by atoms with van der Waals surface area (Å²) in [5.74, 6) is 1.48. The van der Waals surface area contributed by atoms with Crippen LogP contribution in [0.1, 0.15) is 12.8 Å². The molecule has 1 unspecified atom stereocenters. The van der Waals surface area contributed by atoms with Crippen LogP contribution in [0.4, 0.5) is 10.8 Å². The van der Waals surface area contributed by atoms with Gasteiger partial charge in [0.05, 0.1) is 35.9 Å². The number of fused-ring (bicyclic) bond motifs is 2. The van der Waals surface area contributed by atoms with Crippen LogP contribution >= 0.6 is 11.3 Å². The number of hydrogen-bond donors (Lipinski definition) is 1. The van der Waals surface area contributed by atoms with Crippen molar-refractivity contribution in [2.45, 2.75) is 12.8 Å². The zero-order valence-corrected chi connectivity index (χ0v) is 18.8. The Morgan fingerprint density at radius 2 is 1.88 bits per heavy atom. The van der Waals surface area contributed by atoms with E-state index in [1.807, 2.05) is 48.7 Å². The van der Waals surface area contributed by atoms with Crippen molar-refractivity contribution in [3.05, 3.63) is 48.7 Å². The van der Waals surface area contributed by atoms with E-state index < -0.39 is 0 Å². The maximum absolute atomic E-state index is 13.1. The number of carbonyl (C=O) groups excluding carboxylic acids is 1. The van der Waals surface area contributed by atoms with Gasteiger partial charge in [-0.1, -0.05) is 11.3 Å². The molecule has 2 aromatic carbocycles.